The molecule has 0 bridgehead atoms. The number of hydrogen-bond donors (Lipinski definition) is 1. The van der Waals surface area contributed by atoms with E-state index in [1.54, 1.807) is 0 Å². The molecule has 0 saturated carbocycles. The molecule has 0 aliphatic rings. The number of nitrogens with zero attached hydrogens (tertiary/aromatic N) is 1. The molecule has 0 spiro atoms. The first-order valence-electron chi connectivity index (χ1n) is 11.4. The summed E-state index contributed by atoms with van der Waals surface area (Å²) in [5.41, 5.74) is 2.71. The van der Waals surface area contributed by atoms with E-state index in [0.717, 1.165) is 11.3 Å². The van der Waals surface area contributed by atoms with Crippen LogP contribution in [0.5, 0.6) is 0 Å². The Morgan fingerprint density at radius 2 is 1.47 bits per heavy atom. The maximum absolute atomic E-state index is 11.5. The molecule has 1 radical (unpaired) electrons. The van der Waals surface area contributed by atoms with Crippen molar-refractivity contribution in [2.24, 2.45) is 10.8 Å². The summed E-state index contributed by atoms with van der Waals surface area (Å²) >= 11 is 0. The van der Waals surface area contributed by atoms with Crippen LogP contribution in [0.15, 0.2) is 66.6 Å². The quantitative estimate of drug-likeness (QED) is 0.176. The number of ketones is 1. The molecular weight excluding hydrogens is 599 g/mol. The fourth-order valence-electron chi connectivity index (χ4n) is 2.84. The van der Waals surface area contributed by atoms with Gasteiger partial charge in [-0.1, -0.05) is 92.6 Å². The van der Waals surface area contributed by atoms with Gasteiger partial charge in [0.15, 0.2) is 5.78 Å². The SMILES string of the molecule is CC(C)(C)C(=O)/C=C(\O)C(C)(C)C.CC(C)(C)c1c[c-]c(-c2cc3ccccc3cn2)cc1.[Ir]. The number of pyridine rings is 1. The zero-order chi connectivity index (χ0) is 25.0. The third-order valence-electron chi connectivity index (χ3n) is 5.36. The Kier molecular flexibility index (Phi) is 9.99. The summed E-state index contributed by atoms with van der Waals surface area (Å²) in [6, 6.07) is 20.1. The third-order valence-corrected chi connectivity index (χ3v) is 5.36. The van der Waals surface area contributed by atoms with Crippen LogP contribution in [0.4, 0.5) is 0 Å². The van der Waals surface area contributed by atoms with Crippen LogP contribution < -0.4 is 0 Å². The standard InChI is InChI=1S/C19H18N.C11H20O2.Ir/c1-19(2,3)17-10-8-14(9-11-17)18-12-15-6-4-5-7-16(15)13-20-18;1-10(2,3)8(12)7-9(13)11(4,5)6;/h4-8,10-13H,1-3H3;7,12H,1-6H3;/q-1;;/b;8-7-;. The van der Waals surface area contributed by atoms with Gasteiger partial charge in [0.2, 0.25) is 0 Å². The number of allylic oxidation sites excluding steroid dienone is 2. The summed E-state index contributed by atoms with van der Waals surface area (Å²) in [5.74, 6) is 0.104. The zero-order valence-corrected chi connectivity index (χ0v) is 24.3. The van der Waals surface area contributed by atoms with Gasteiger partial charge in [0.05, 0.1) is 0 Å². The van der Waals surface area contributed by atoms with E-state index in [9.17, 15) is 9.90 Å². The Morgan fingerprint density at radius 1 is 0.882 bits per heavy atom. The average Bonchev–Trinajstić information content (AvgIpc) is 2.72. The molecule has 1 heterocycles. The Labute approximate surface area is 219 Å². The molecule has 3 nitrogen and oxygen atoms in total. The summed E-state index contributed by atoms with van der Waals surface area (Å²) < 4.78 is 0. The second-order valence-electron chi connectivity index (χ2n) is 11.6. The predicted molar refractivity (Wildman–Crippen MR) is 139 cm³/mol. The maximum Gasteiger partial charge on any atom is 0.164 e. The van der Waals surface area contributed by atoms with Crippen LogP contribution >= 0.6 is 0 Å². The van der Waals surface area contributed by atoms with Crippen molar-refractivity contribution in [3.05, 3.63) is 78.2 Å². The number of aliphatic hydroxyl groups excluding tert-OH is 1. The molecule has 1 N–H and O–H groups in total. The van der Waals surface area contributed by atoms with Crippen molar-refractivity contribution in [1.29, 1.82) is 0 Å². The van der Waals surface area contributed by atoms with Gasteiger partial charge in [-0.05, 0) is 21.9 Å². The van der Waals surface area contributed by atoms with Gasteiger partial charge in [0.1, 0.15) is 5.76 Å². The Bertz CT molecular complexity index is 1130. The predicted octanol–water partition coefficient (Wildman–Crippen LogP) is 8.09. The fourth-order valence-corrected chi connectivity index (χ4v) is 2.84. The number of carbonyl (C=O) groups is 1. The van der Waals surface area contributed by atoms with E-state index in [4.69, 9.17) is 0 Å². The molecule has 0 atom stereocenters. The fraction of sp³-hybridized carbons (Fsp3) is 0.400. The van der Waals surface area contributed by atoms with E-state index in [1.807, 2.05) is 53.8 Å². The van der Waals surface area contributed by atoms with Gasteiger partial charge < -0.3 is 10.1 Å². The van der Waals surface area contributed by atoms with Crippen molar-refractivity contribution in [2.75, 3.05) is 0 Å². The van der Waals surface area contributed by atoms with Crippen LogP contribution in [0.2, 0.25) is 0 Å². The summed E-state index contributed by atoms with van der Waals surface area (Å²) in [6.07, 6.45) is 3.26. The average molecular weight is 637 g/mol. The molecule has 0 aliphatic heterocycles. The van der Waals surface area contributed by atoms with Crippen LogP contribution in [0, 0.1) is 16.9 Å². The summed E-state index contributed by atoms with van der Waals surface area (Å²) in [6.45, 7) is 17.8. The first-order valence-corrected chi connectivity index (χ1v) is 11.4. The third kappa shape index (κ3) is 8.49. The van der Waals surface area contributed by atoms with Crippen molar-refractivity contribution in [3.8, 4) is 11.3 Å². The molecule has 3 rings (SSSR count). The first kappa shape index (κ1) is 29.7. The van der Waals surface area contributed by atoms with Gasteiger partial charge in [-0.3, -0.25) is 4.79 Å². The minimum absolute atomic E-state index is 0. The van der Waals surface area contributed by atoms with Crippen LogP contribution in [-0.4, -0.2) is 15.9 Å². The van der Waals surface area contributed by atoms with Gasteiger partial charge in [-0.15, -0.1) is 35.4 Å². The van der Waals surface area contributed by atoms with Crippen molar-refractivity contribution < 1.29 is 30.0 Å². The summed E-state index contributed by atoms with van der Waals surface area (Å²) in [4.78, 5) is 16.0. The summed E-state index contributed by atoms with van der Waals surface area (Å²) in [7, 11) is 0. The Hall–Kier alpha value is -2.29. The maximum atomic E-state index is 11.5. The van der Waals surface area contributed by atoms with E-state index >= 15 is 0 Å². The van der Waals surface area contributed by atoms with Gasteiger partial charge in [0, 0.05) is 43.2 Å². The number of hydrogen-bond acceptors (Lipinski definition) is 3. The molecule has 0 amide bonds. The molecule has 0 fully saturated rings. The molecule has 2 aromatic carbocycles. The molecule has 1 aromatic heterocycles. The molecule has 185 valence electrons. The number of aromatic nitrogens is 1. The number of rotatable bonds is 2. The monoisotopic (exact) mass is 637 g/mol. The van der Waals surface area contributed by atoms with Crippen LogP contribution in [-0.2, 0) is 30.3 Å². The molecule has 4 heteroatoms. The molecule has 34 heavy (non-hydrogen) atoms. The van der Waals surface area contributed by atoms with E-state index in [1.165, 1.54) is 22.4 Å². The zero-order valence-electron chi connectivity index (χ0n) is 21.9. The van der Waals surface area contributed by atoms with Crippen molar-refractivity contribution in [2.45, 2.75) is 67.7 Å². The number of aliphatic hydroxyl groups is 1. The van der Waals surface area contributed by atoms with Gasteiger partial charge in [-0.2, -0.15) is 0 Å². The van der Waals surface area contributed by atoms with Crippen LogP contribution in [0.1, 0.15) is 67.9 Å². The minimum Gasteiger partial charge on any atom is -0.512 e. The molecule has 3 aromatic rings. The van der Waals surface area contributed by atoms with E-state index in [2.05, 4.69) is 74.3 Å². The Balaban J connectivity index is 0.000000364. The van der Waals surface area contributed by atoms with Crippen molar-refractivity contribution in [1.82, 2.24) is 4.98 Å². The van der Waals surface area contributed by atoms with Crippen LogP contribution in [0.25, 0.3) is 22.0 Å². The number of benzene rings is 2. The molecular formula is C30H38IrNO2-. The molecule has 0 saturated heterocycles. The second kappa shape index (κ2) is 11.4. The topological polar surface area (TPSA) is 50.2 Å². The molecule has 0 unspecified atom stereocenters. The van der Waals surface area contributed by atoms with Gasteiger partial charge in [0.25, 0.3) is 0 Å². The normalized spacial score (nSPS) is 12.4. The van der Waals surface area contributed by atoms with Gasteiger partial charge >= 0.3 is 0 Å². The van der Waals surface area contributed by atoms with E-state index < -0.39 is 5.41 Å². The van der Waals surface area contributed by atoms with E-state index in [-0.39, 0.29) is 42.5 Å². The smallest absolute Gasteiger partial charge is 0.164 e. The van der Waals surface area contributed by atoms with E-state index in [0.29, 0.717) is 0 Å². The van der Waals surface area contributed by atoms with Gasteiger partial charge in [-0.25, -0.2) is 0 Å². The largest absolute Gasteiger partial charge is 0.512 e. The minimum atomic E-state index is -0.417. The van der Waals surface area contributed by atoms with Crippen molar-refractivity contribution >= 4 is 16.6 Å². The van der Waals surface area contributed by atoms with Crippen molar-refractivity contribution in [3.63, 3.8) is 0 Å². The second-order valence-corrected chi connectivity index (χ2v) is 11.6. The summed E-state index contributed by atoms with van der Waals surface area (Å²) in [5, 5.41) is 11.9. The molecule has 0 aliphatic carbocycles. The number of fused-ring (bicyclic) bond motifs is 1. The first-order chi connectivity index (χ1) is 15.1. The number of carbonyl (C=O) groups excluding carboxylic acids is 1. The Morgan fingerprint density at radius 3 is 1.94 bits per heavy atom. The van der Waals surface area contributed by atoms with Crippen LogP contribution in [0.3, 0.4) is 0 Å².